The molecule has 6 nitrogen and oxygen atoms in total. The minimum Gasteiger partial charge on any atom is -0.379 e. The molecule has 1 aliphatic rings. The second kappa shape index (κ2) is 12.1. The number of guanidine groups is 1. The Morgan fingerprint density at radius 1 is 1.20 bits per heavy atom. The first-order chi connectivity index (χ1) is 14.0. The fourth-order valence-corrected chi connectivity index (χ4v) is 3.79. The highest BCUT2D eigenvalue weighted by molar-refractivity contribution is 14.0. The number of morpholine rings is 1. The standard InChI is InChI=1S/C20H26Cl2FN5O.HI/c1-24-20(25-12-16-11-17(21)19(22)27(16)2)26-13-18(28-7-9-29-10-8-28)14-3-5-15(23)6-4-14;/h3-6,11,18H,7-10,12-13H2,1-2H3,(H2,24,25,26);1H. The number of nitrogens with zero attached hydrogens (tertiary/aromatic N) is 3. The number of aliphatic imine (C=N–C) groups is 1. The van der Waals surface area contributed by atoms with Crippen molar-refractivity contribution in [3.8, 4) is 0 Å². The lowest BCUT2D eigenvalue weighted by Gasteiger charge is -2.35. The van der Waals surface area contributed by atoms with Crippen LogP contribution in [0.1, 0.15) is 17.3 Å². The molecule has 1 fully saturated rings. The van der Waals surface area contributed by atoms with E-state index in [0.717, 1.165) is 24.3 Å². The van der Waals surface area contributed by atoms with Crippen molar-refractivity contribution in [1.29, 1.82) is 0 Å². The van der Waals surface area contributed by atoms with Gasteiger partial charge in [0.15, 0.2) is 5.96 Å². The van der Waals surface area contributed by atoms with Crippen molar-refractivity contribution in [3.63, 3.8) is 0 Å². The topological polar surface area (TPSA) is 53.8 Å². The second-order valence-corrected chi connectivity index (χ2v) is 7.62. The second-order valence-electron chi connectivity index (χ2n) is 6.86. The van der Waals surface area contributed by atoms with Crippen LogP contribution in [0.25, 0.3) is 0 Å². The zero-order valence-electron chi connectivity index (χ0n) is 17.0. The third kappa shape index (κ3) is 6.46. The van der Waals surface area contributed by atoms with Crippen molar-refractivity contribution in [2.24, 2.45) is 12.0 Å². The van der Waals surface area contributed by atoms with Crippen LogP contribution >= 0.6 is 47.2 Å². The molecule has 3 rings (SSSR count). The fraction of sp³-hybridized carbons (Fsp3) is 0.450. The Morgan fingerprint density at radius 2 is 1.87 bits per heavy atom. The molecule has 2 N–H and O–H groups in total. The van der Waals surface area contributed by atoms with Gasteiger partial charge in [0.1, 0.15) is 11.0 Å². The van der Waals surface area contributed by atoms with E-state index >= 15 is 0 Å². The third-order valence-corrected chi connectivity index (χ3v) is 5.92. The van der Waals surface area contributed by atoms with Gasteiger partial charge in [-0.1, -0.05) is 35.3 Å². The average molecular weight is 570 g/mol. The Hall–Kier alpha value is -1.07. The van der Waals surface area contributed by atoms with Crippen molar-refractivity contribution in [2.75, 3.05) is 39.9 Å². The monoisotopic (exact) mass is 569 g/mol. The van der Waals surface area contributed by atoms with Crippen molar-refractivity contribution in [2.45, 2.75) is 12.6 Å². The van der Waals surface area contributed by atoms with Crippen LogP contribution < -0.4 is 10.6 Å². The van der Waals surface area contributed by atoms with Crippen LogP contribution in [0, 0.1) is 5.82 Å². The summed E-state index contributed by atoms with van der Waals surface area (Å²) in [5.41, 5.74) is 2.00. The molecule has 0 radical (unpaired) electrons. The molecule has 1 aromatic carbocycles. The van der Waals surface area contributed by atoms with Gasteiger partial charge in [-0.15, -0.1) is 24.0 Å². The molecule has 0 aliphatic carbocycles. The van der Waals surface area contributed by atoms with E-state index in [4.69, 9.17) is 27.9 Å². The first kappa shape index (κ1) is 25.2. The maximum atomic E-state index is 13.4. The van der Waals surface area contributed by atoms with Gasteiger partial charge in [-0.2, -0.15) is 0 Å². The number of hydrogen-bond acceptors (Lipinski definition) is 3. The molecule has 10 heteroatoms. The van der Waals surface area contributed by atoms with Crippen LogP contribution in [-0.2, 0) is 18.3 Å². The van der Waals surface area contributed by atoms with Crippen molar-refractivity contribution >= 4 is 53.1 Å². The zero-order chi connectivity index (χ0) is 20.8. The Morgan fingerprint density at radius 3 is 2.43 bits per heavy atom. The maximum absolute atomic E-state index is 13.4. The molecule has 0 spiro atoms. The number of rotatable bonds is 6. The summed E-state index contributed by atoms with van der Waals surface area (Å²) in [5.74, 6) is 0.429. The van der Waals surface area contributed by atoms with Gasteiger partial charge < -0.3 is 19.9 Å². The third-order valence-electron chi connectivity index (χ3n) is 5.08. The molecule has 0 amide bonds. The summed E-state index contributed by atoms with van der Waals surface area (Å²) in [6.07, 6.45) is 0. The largest absolute Gasteiger partial charge is 0.379 e. The number of halogens is 4. The van der Waals surface area contributed by atoms with Gasteiger partial charge in [-0.05, 0) is 23.8 Å². The highest BCUT2D eigenvalue weighted by atomic mass is 127. The van der Waals surface area contributed by atoms with E-state index in [1.54, 1.807) is 7.05 Å². The molecule has 2 aromatic rings. The molecule has 1 aliphatic heterocycles. The van der Waals surface area contributed by atoms with Gasteiger partial charge in [0.05, 0.1) is 30.8 Å². The molecule has 2 heterocycles. The van der Waals surface area contributed by atoms with Gasteiger partial charge in [0, 0.05) is 39.4 Å². The molecule has 166 valence electrons. The maximum Gasteiger partial charge on any atom is 0.191 e. The van der Waals surface area contributed by atoms with Crippen molar-refractivity contribution in [3.05, 3.63) is 57.6 Å². The van der Waals surface area contributed by atoms with E-state index in [1.165, 1.54) is 12.1 Å². The molecular weight excluding hydrogens is 543 g/mol. The first-order valence-corrected chi connectivity index (χ1v) is 10.3. The molecule has 1 aromatic heterocycles. The Labute approximate surface area is 203 Å². The molecule has 0 saturated carbocycles. The van der Waals surface area contributed by atoms with Crippen LogP contribution in [0.5, 0.6) is 0 Å². The van der Waals surface area contributed by atoms with Crippen molar-refractivity contribution < 1.29 is 9.13 Å². The lowest BCUT2D eigenvalue weighted by Crippen LogP contribution is -2.46. The molecule has 0 bridgehead atoms. The van der Waals surface area contributed by atoms with Crippen molar-refractivity contribution in [1.82, 2.24) is 20.1 Å². The van der Waals surface area contributed by atoms with Gasteiger partial charge in [0.25, 0.3) is 0 Å². The fourth-order valence-electron chi connectivity index (χ4n) is 3.38. The average Bonchev–Trinajstić information content (AvgIpc) is 2.99. The number of hydrogen-bond donors (Lipinski definition) is 2. The van der Waals surface area contributed by atoms with E-state index in [0.29, 0.717) is 42.4 Å². The van der Waals surface area contributed by atoms with E-state index in [9.17, 15) is 4.39 Å². The Kier molecular flexibility index (Phi) is 10.2. The van der Waals surface area contributed by atoms with Crippen LogP contribution in [0.15, 0.2) is 35.3 Å². The quantitative estimate of drug-likeness (QED) is 0.315. The number of benzene rings is 1. The molecular formula is C20H27Cl2FIN5O. The summed E-state index contributed by atoms with van der Waals surface area (Å²) in [6, 6.07) is 8.58. The van der Waals surface area contributed by atoms with Gasteiger partial charge in [0.2, 0.25) is 0 Å². The highest BCUT2D eigenvalue weighted by Crippen LogP contribution is 2.25. The Bertz CT molecular complexity index is 840. The minimum absolute atomic E-state index is 0. The summed E-state index contributed by atoms with van der Waals surface area (Å²) in [4.78, 5) is 6.64. The van der Waals surface area contributed by atoms with Crippen LogP contribution in [-0.4, -0.2) is 55.3 Å². The summed E-state index contributed by atoms with van der Waals surface area (Å²) in [5, 5.41) is 7.70. The lowest BCUT2D eigenvalue weighted by atomic mass is 10.0. The van der Waals surface area contributed by atoms with Crippen LogP contribution in [0.4, 0.5) is 4.39 Å². The van der Waals surface area contributed by atoms with Gasteiger partial charge in [-0.25, -0.2) is 4.39 Å². The van der Waals surface area contributed by atoms with E-state index in [2.05, 4.69) is 20.5 Å². The number of nitrogens with one attached hydrogen (secondary N) is 2. The zero-order valence-corrected chi connectivity index (χ0v) is 20.8. The smallest absolute Gasteiger partial charge is 0.191 e. The van der Waals surface area contributed by atoms with Crippen LogP contribution in [0.2, 0.25) is 10.2 Å². The number of aromatic nitrogens is 1. The normalized spacial score (nSPS) is 16.1. The predicted molar refractivity (Wildman–Crippen MR) is 131 cm³/mol. The SMILES string of the molecule is CN=C(NCc1cc(Cl)c(Cl)n1C)NCC(c1ccc(F)cc1)N1CCOCC1.I. The van der Waals surface area contributed by atoms with E-state index in [-0.39, 0.29) is 35.8 Å². The van der Waals surface area contributed by atoms with Crippen LogP contribution in [0.3, 0.4) is 0 Å². The van der Waals surface area contributed by atoms with Gasteiger partial charge in [-0.3, -0.25) is 9.89 Å². The number of ether oxygens (including phenoxy) is 1. The van der Waals surface area contributed by atoms with Gasteiger partial charge >= 0.3 is 0 Å². The summed E-state index contributed by atoms with van der Waals surface area (Å²) < 4.78 is 20.7. The molecule has 1 atom stereocenters. The molecule has 1 unspecified atom stereocenters. The lowest BCUT2D eigenvalue weighted by molar-refractivity contribution is 0.0170. The summed E-state index contributed by atoms with van der Waals surface area (Å²) >= 11 is 12.2. The Balaban J connectivity index is 0.00000320. The predicted octanol–water partition coefficient (Wildman–Crippen LogP) is 3.83. The molecule has 30 heavy (non-hydrogen) atoms. The summed E-state index contributed by atoms with van der Waals surface area (Å²) in [7, 11) is 3.59. The first-order valence-electron chi connectivity index (χ1n) is 9.51. The highest BCUT2D eigenvalue weighted by Gasteiger charge is 2.23. The minimum atomic E-state index is -0.236. The van der Waals surface area contributed by atoms with E-state index < -0.39 is 0 Å². The van der Waals surface area contributed by atoms with E-state index in [1.807, 2.05) is 29.8 Å². The molecule has 1 saturated heterocycles. The summed E-state index contributed by atoms with van der Waals surface area (Å²) in [6.45, 7) is 4.20.